The van der Waals surface area contributed by atoms with E-state index in [2.05, 4.69) is 15.5 Å². The molecule has 5 rings (SSSR count). The zero-order chi connectivity index (χ0) is 18.6. The van der Waals surface area contributed by atoms with Gasteiger partial charge in [-0.2, -0.15) is 5.10 Å². The second kappa shape index (κ2) is 6.27. The van der Waals surface area contributed by atoms with E-state index in [9.17, 15) is 13.6 Å². The fraction of sp³-hybridized carbons (Fsp3) is 0.556. The van der Waals surface area contributed by atoms with Gasteiger partial charge in [-0.05, 0) is 19.3 Å². The number of amides is 1. The Kier molecular flexibility index (Phi) is 3.98. The van der Waals surface area contributed by atoms with Crippen LogP contribution < -0.4 is 10.2 Å². The molecule has 0 aromatic carbocycles. The van der Waals surface area contributed by atoms with Crippen molar-refractivity contribution in [3.8, 4) is 10.4 Å². The van der Waals surface area contributed by atoms with E-state index in [1.807, 2.05) is 0 Å². The Morgan fingerprint density at radius 2 is 2.22 bits per heavy atom. The number of aromatic amines is 1. The number of carbonyl (C=O) groups excluding carboxylic acids is 1. The number of thiophene rings is 1. The summed E-state index contributed by atoms with van der Waals surface area (Å²) in [6.07, 6.45) is 5.69. The minimum atomic E-state index is -2.84. The molecule has 0 spiro atoms. The number of nitrogens with one attached hydrogen (secondary N) is 2. The topological polar surface area (TPSA) is 70.2 Å². The van der Waals surface area contributed by atoms with E-state index >= 15 is 0 Å². The molecule has 27 heavy (non-hydrogen) atoms. The molecule has 2 N–H and O–H groups in total. The van der Waals surface area contributed by atoms with E-state index in [-0.39, 0.29) is 31.0 Å². The summed E-state index contributed by atoms with van der Waals surface area (Å²) in [5.41, 5.74) is 1.95. The SMILES string of the molecule is O=C1N[C@H]([C@@H]2CCCCO2)CN2CC(F)(F)Cc3c(-c4cn[nH]c4)sc1c32. The quantitative estimate of drug-likeness (QED) is 0.822. The van der Waals surface area contributed by atoms with Crippen LogP contribution in [0.25, 0.3) is 10.4 Å². The summed E-state index contributed by atoms with van der Waals surface area (Å²) in [5, 5.41) is 9.70. The summed E-state index contributed by atoms with van der Waals surface area (Å²) in [5.74, 6) is -3.03. The van der Waals surface area contributed by atoms with E-state index in [1.54, 1.807) is 17.3 Å². The van der Waals surface area contributed by atoms with Gasteiger partial charge in [0.15, 0.2) is 0 Å². The molecule has 0 saturated carbocycles. The Morgan fingerprint density at radius 1 is 1.33 bits per heavy atom. The van der Waals surface area contributed by atoms with Crippen molar-refractivity contribution in [3.05, 3.63) is 22.8 Å². The van der Waals surface area contributed by atoms with Crippen molar-refractivity contribution in [1.82, 2.24) is 15.5 Å². The van der Waals surface area contributed by atoms with Crippen LogP contribution in [0.2, 0.25) is 0 Å². The number of hydrogen-bond donors (Lipinski definition) is 2. The Labute approximate surface area is 158 Å². The van der Waals surface area contributed by atoms with E-state index in [4.69, 9.17) is 4.74 Å². The normalized spacial score (nSPS) is 27.0. The maximum absolute atomic E-state index is 14.6. The van der Waals surface area contributed by atoms with Gasteiger partial charge < -0.3 is 15.0 Å². The molecule has 3 aliphatic rings. The number of H-pyrrole nitrogens is 1. The van der Waals surface area contributed by atoms with E-state index in [0.29, 0.717) is 34.2 Å². The van der Waals surface area contributed by atoms with Gasteiger partial charge in [0.1, 0.15) is 4.88 Å². The monoisotopic (exact) mass is 394 g/mol. The zero-order valence-electron chi connectivity index (χ0n) is 14.6. The van der Waals surface area contributed by atoms with Crippen molar-refractivity contribution in [2.24, 2.45) is 0 Å². The molecule has 9 heteroatoms. The first-order valence-electron chi connectivity index (χ1n) is 9.22. The highest BCUT2D eigenvalue weighted by Gasteiger charge is 2.46. The molecule has 0 radical (unpaired) electrons. The molecule has 0 unspecified atom stereocenters. The molecule has 1 fully saturated rings. The minimum Gasteiger partial charge on any atom is -0.376 e. The Morgan fingerprint density at radius 3 is 2.96 bits per heavy atom. The molecule has 6 nitrogen and oxygen atoms in total. The number of hydrogen-bond acceptors (Lipinski definition) is 5. The minimum absolute atomic E-state index is 0.121. The number of carbonyl (C=O) groups is 1. The number of nitrogens with zero attached hydrogens (tertiary/aromatic N) is 2. The molecule has 1 amide bonds. The lowest BCUT2D eigenvalue weighted by molar-refractivity contribution is -0.0109. The van der Waals surface area contributed by atoms with Crippen molar-refractivity contribution in [3.63, 3.8) is 0 Å². The number of ether oxygens (including phenoxy) is 1. The van der Waals surface area contributed by atoms with Crippen molar-refractivity contribution >= 4 is 22.9 Å². The van der Waals surface area contributed by atoms with Crippen LogP contribution in [0.15, 0.2) is 12.4 Å². The van der Waals surface area contributed by atoms with Gasteiger partial charge in [-0.1, -0.05) is 0 Å². The van der Waals surface area contributed by atoms with Gasteiger partial charge in [-0.3, -0.25) is 9.89 Å². The fourth-order valence-corrected chi connectivity index (χ4v) is 5.58. The Balaban J connectivity index is 1.58. The third-order valence-electron chi connectivity index (χ3n) is 5.52. The molecule has 5 heterocycles. The molecule has 144 valence electrons. The van der Waals surface area contributed by atoms with E-state index in [1.165, 1.54) is 11.3 Å². The lowest BCUT2D eigenvalue weighted by Crippen LogP contribution is -2.53. The highest BCUT2D eigenvalue weighted by molar-refractivity contribution is 7.18. The lowest BCUT2D eigenvalue weighted by atomic mass is 9.96. The summed E-state index contributed by atoms with van der Waals surface area (Å²) >= 11 is 1.27. The molecular formula is C18H20F2N4O2S. The maximum Gasteiger partial charge on any atom is 0.269 e. The van der Waals surface area contributed by atoms with E-state index in [0.717, 1.165) is 24.8 Å². The fourth-order valence-electron chi connectivity index (χ4n) is 4.36. The predicted octanol–water partition coefficient (Wildman–Crippen LogP) is 2.82. The van der Waals surface area contributed by atoms with Crippen molar-refractivity contribution in [1.29, 1.82) is 0 Å². The van der Waals surface area contributed by atoms with Gasteiger partial charge in [0, 0.05) is 41.8 Å². The molecule has 0 bridgehead atoms. The van der Waals surface area contributed by atoms with Crippen molar-refractivity contribution in [2.75, 3.05) is 24.6 Å². The molecule has 2 aromatic heterocycles. The molecule has 2 atom stereocenters. The molecule has 0 aliphatic carbocycles. The summed E-state index contributed by atoms with van der Waals surface area (Å²) in [7, 11) is 0. The van der Waals surface area contributed by atoms with Crippen LogP contribution in [-0.4, -0.2) is 53.9 Å². The van der Waals surface area contributed by atoms with Crippen LogP contribution in [0.5, 0.6) is 0 Å². The summed E-state index contributed by atoms with van der Waals surface area (Å²) in [6, 6.07) is -0.281. The second-order valence-corrected chi connectivity index (χ2v) is 8.49. The number of alkyl halides is 2. The number of halogens is 2. The van der Waals surface area contributed by atoms with Gasteiger partial charge in [0.05, 0.1) is 30.6 Å². The van der Waals surface area contributed by atoms with Crippen LogP contribution >= 0.6 is 11.3 Å². The third kappa shape index (κ3) is 2.93. The predicted molar refractivity (Wildman–Crippen MR) is 97.6 cm³/mol. The second-order valence-electron chi connectivity index (χ2n) is 7.47. The summed E-state index contributed by atoms with van der Waals surface area (Å²) in [6.45, 7) is 0.630. The van der Waals surface area contributed by atoms with E-state index < -0.39 is 5.92 Å². The maximum atomic E-state index is 14.6. The first kappa shape index (κ1) is 17.1. The highest BCUT2D eigenvalue weighted by atomic mass is 32.1. The van der Waals surface area contributed by atoms with Crippen LogP contribution in [0.4, 0.5) is 14.5 Å². The lowest BCUT2D eigenvalue weighted by Gasteiger charge is -2.38. The highest BCUT2D eigenvalue weighted by Crippen LogP contribution is 2.48. The smallest absolute Gasteiger partial charge is 0.269 e. The largest absolute Gasteiger partial charge is 0.376 e. The number of rotatable bonds is 2. The molecular weight excluding hydrogens is 374 g/mol. The van der Waals surface area contributed by atoms with Gasteiger partial charge in [-0.25, -0.2) is 8.78 Å². The summed E-state index contributed by atoms with van der Waals surface area (Å²) < 4.78 is 35.0. The van der Waals surface area contributed by atoms with Crippen molar-refractivity contribution < 1.29 is 18.3 Å². The molecule has 1 saturated heterocycles. The van der Waals surface area contributed by atoms with Gasteiger partial charge >= 0.3 is 0 Å². The third-order valence-corrected chi connectivity index (χ3v) is 6.79. The van der Waals surface area contributed by atoms with Crippen LogP contribution in [0.3, 0.4) is 0 Å². The average molecular weight is 394 g/mol. The number of aromatic nitrogens is 2. The Bertz CT molecular complexity index is 861. The van der Waals surface area contributed by atoms with Crippen molar-refractivity contribution in [2.45, 2.75) is 43.8 Å². The Hall–Kier alpha value is -2.00. The van der Waals surface area contributed by atoms with Gasteiger partial charge in [0.2, 0.25) is 0 Å². The molecule has 2 aromatic rings. The zero-order valence-corrected chi connectivity index (χ0v) is 15.5. The van der Waals surface area contributed by atoms with Crippen LogP contribution in [-0.2, 0) is 11.2 Å². The first-order valence-corrected chi connectivity index (χ1v) is 10.0. The first-order chi connectivity index (χ1) is 13.0. The standard InChI is InChI=1S/C18H20F2N4O2S/c19-18(20)5-11-14-16(27-15(11)10-6-21-22-7-10)17(25)23-12(8-24(14)9-18)13-3-1-2-4-26-13/h6-7,12-13H,1-5,8-9H2,(H,21,22)(H,23,25)/t12-,13-/m0/s1. The number of anilines is 1. The van der Waals surface area contributed by atoms with Gasteiger partial charge in [0.25, 0.3) is 11.8 Å². The summed E-state index contributed by atoms with van der Waals surface area (Å²) in [4.78, 5) is 15.8. The van der Waals surface area contributed by atoms with Crippen LogP contribution in [0.1, 0.15) is 34.5 Å². The average Bonchev–Trinajstić information content (AvgIpc) is 3.25. The van der Waals surface area contributed by atoms with Crippen LogP contribution in [0, 0.1) is 0 Å². The molecule has 3 aliphatic heterocycles. The van der Waals surface area contributed by atoms with Gasteiger partial charge in [-0.15, -0.1) is 11.3 Å².